The maximum atomic E-state index is 5.96. The highest BCUT2D eigenvalue weighted by Crippen LogP contribution is 2.30. The van der Waals surface area contributed by atoms with Gasteiger partial charge in [0.25, 0.3) is 0 Å². The third-order valence-electron chi connectivity index (χ3n) is 5.11. The topological polar surface area (TPSA) is 64.9 Å². The van der Waals surface area contributed by atoms with Crippen LogP contribution in [-0.2, 0) is 0 Å². The lowest BCUT2D eigenvalue weighted by Crippen LogP contribution is -2.06. The summed E-state index contributed by atoms with van der Waals surface area (Å²) >= 11 is 0. The number of rotatable bonds is 6. The Labute approximate surface area is 192 Å². The first kappa shape index (κ1) is 20.5. The van der Waals surface area contributed by atoms with E-state index >= 15 is 0 Å². The van der Waals surface area contributed by atoms with Gasteiger partial charge in [-0.15, -0.1) is 0 Å². The summed E-state index contributed by atoms with van der Waals surface area (Å²) in [7, 11) is 0. The van der Waals surface area contributed by atoms with E-state index in [0.717, 1.165) is 39.8 Å². The minimum Gasteiger partial charge on any atom is -0.457 e. The summed E-state index contributed by atoms with van der Waals surface area (Å²) in [6.45, 7) is 3.90. The summed E-state index contributed by atoms with van der Waals surface area (Å²) in [6, 6.07) is 29.8. The van der Waals surface area contributed by atoms with Gasteiger partial charge in [0.2, 0.25) is 11.9 Å². The first-order valence-electron chi connectivity index (χ1n) is 10.7. The SMILES string of the molecule is Cc1cc(C)nc(Nc2ncc(-c3ccccc3)n2-c2ccc(Oc3ccccc3)cc2)n1. The average Bonchev–Trinajstić information content (AvgIpc) is 3.23. The molecule has 0 fully saturated rings. The molecule has 6 heteroatoms. The molecule has 3 aromatic carbocycles. The molecule has 0 aliphatic heterocycles. The van der Waals surface area contributed by atoms with Crippen LogP contribution >= 0.6 is 0 Å². The maximum absolute atomic E-state index is 5.96. The van der Waals surface area contributed by atoms with Gasteiger partial charge >= 0.3 is 0 Å². The smallest absolute Gasteiger partial charge is 0.229 e. The highest BCUT2D eigenvalue weighted by atomic mass is 16.5. The Bertz CT molecular complexity index is 1340. The molecule has 0 saturated heterocycles. The number of benzene rings is 3. The lowest BCUT2D eigenvalue weighted by Gasteiger charge is -2.14. The van der Waals surface area contributed by atoms with E-state index in [1.54, 1.807) is 0 Å². The minimum atomic E-state index is 0.517. The van der Waals surface area contributed by atoms with E-state index in [4.69, 9.17) is 4.74 Å². The second-order valence-corrected chi connectivity index (χ2v) is 7.68. The van der Waals surface area contributed by atoms with Crippen LogP contribution in [0.25, 0.3) is 16.9 Å². The van der Waals surface area contributed by atoms with Crippen molar-refractivity contribution in [1.29, 1.82) is 0 Å². The van der Waals surface area contributed by atoms with Crippen LogP contribution in [0, 0.1) is 13.8 Å². The summed E-state index contributed by atoms with van der Waals surface area (Å²) in [5, 5.41) is 3.30. The summed E-state index contributed by atoms with van der Waals surface area (Å²) in [4.78, 5) is 13.7. The Morgan fingerprint density at radius 3 is 2.00 bits per heavy atom. The summed E-state index contributed by atoms with van der Waals surface area (Å²) < 4.78 is 8.02. The molecule has 0 bridgehead atoms. The molecule has 0 atom stereocenters. The number of aryl methyl sites for hydroxylation is 2. The quantitative estimate of drug-likeness (QED) is 0.332. The van der Waals surface area contributed by atoms with Gasteiger partial charge in [0, 0.05) is 22.6 Å². The van der Waals surface area contributed by atoms with E-state index in [0.29, 0.717) is 11.9 Å². The predicted octanol–water partition coefficient (Wildman–Crippen LogP) is 6.48. The van der Waals surface area contributed by atoms with Gasteiger partial charge in [-0.2, -0.15) is 0 Å². The van der Waals surface area contributed by atoms with Crippen molar-refractivity contribution >= 4 is 11.9 Å². The molecule has 2 heterocycles. The Balaban J connectivity index is 1.53. The van der Waals surface area contributed by atoms with Gasteiger partial charge in [-0.3, -0.25) is 9.88 Å². The van der Waals surface area contributed by atoms with Gasteiger partial charge in [0.15, 0.2) is 0 Å². The van der Waals surface area contributed by atoms with Gasteiger partial charge in [0.1, 0.15) is 11.5 Å². The van der Waals surface area contributed by atoms with Crippen molar-refractivity contribution in [1.82, 2.24) is 19.5 Å². The lowest BCUT2D eigenvalue weighted by molar-refractivity contribution is 0.482. The third-order valence-corrected chi connectivity index (χ3v) is 5.11. The Morgan fingerprint density at radius 1 is 0.727 bits per heavy atom. The molecule has 0 radical (unpaired) electrons. The van der Waals surface area contributed by atoms with E-state index in [1.165, 1.54) is 0 Å². The number of aromatic nitrogens is 4. The van der Waals surface area contributed by atoms with Crippen LogP contribution in [0.4, 0.5) is 11.9 Å². The highest BCUT2D eigenvalue weighted by Gasteiger charge is 2.15. The third kappa shape index (κ3) is 4.60. The molecule has 0 aliphatic rings. The fourth-order valence-electron chi connectivity index (χ4n) is 3.68. The second-order valence-electron chi connectivity index (χ2n) is 7.68. The first-order valence-corrected chi connectivity index (χ1v) is 10.7. The molecule has 2 aromatic heterocycles. The first-order chi connectivity index (χ1) is 16.2. The predicted molar refractivity (Wildman–Crippen MR) is 130 cm³/mol. The van der Waals surface area contributed by atoms with Crippen molar-refractivity contribution in [3.05, 3.63) is 109 Å². The van der Waals surface area contributed by atoms with E-state index in [1.807, 2.05) is 98.9 Å². The second kappa shape index (κ2) is 8.96. The van der Waals surface area contributed by atoms with Crippen molar-refractivity contribution in [2.24, 2.45) is 0 Å². The van der Waals surface area contributed by atoms with Gasteiger partial charge in [-0.05, 0) is 56.3 Å². The molecular weight excluding hydrogens is 410 g/mol. The summed E-state index contributed by atoms with van der Waals surface area (Å²) in [5.74, 6) is 2.71. The van der Waals surface area contributed by atoms with Crippen molar-refractivity contribution in [2.75, 3.05) is 5.32 Å². The highest BCUT2D eigenvalue weighted by molar-refractivity contribution is 5.67. The molecule has 0 unspecified atom stereocenters. The zero-order valence-corrected chi connectivity index (χ0v) is 18.4. The fraction of sp³-hybridized carbons (Fsp3) is 0.0741. The van der Waals surface area contributed by atoms with Gasteiger partial charge < -0.3 is 4.74 Å². The van der Waals surface area contributed by atoms with Gasteiger partial charge in [-0.1, -0.05) is 48.5 Å². The molecule has 5 rings (SSSR count). The number of nitrogens with one attached hydrogen (secondary N) is 1. The number of hydrogen-bond acceptors (Lipinski definition) is 5. The van der Waals surface area contributed by atoms with Crippen LogP contribution < -0.4 is 10.1 Å². The average molecular weight is 434 g/mol. The van der Waals surface area contributed by atoms with Gasteiger partial charge in [0.05, 0.1) is 11.9 Å². The van der Waals surface area contributed by atoms with Crippen LogP contribution in [0.3, 0.4) is 0 Å². The zero-order valence-electron chi connectivity index (χ0n) is 18.4. The number of nitrogens with zero attached hydrogens (tertiary/aromatic N) is 4. The molecule has 0 saturated carbocycles. The maximum Gasteiger partial charge on any atom is 0.229 e. The van der Waals surface area contributed by atoms with Crippen LogP contribution in [-0.4, -0.2) is 19.5 Å². The normalized spacial score (nSPS) is 10.7. The summed E-state index contributed by atoms with van der Waals surface area (Å²) in [6.07, 6.45) is 1.86. The van der Waals surface area contributed by atoms with E-state index in [2.05, 4.69) is 37.0 Å². The van der Waals surface area contributed by atoms with E-state index in [9.17, 15) is 0 Å². The molecule has 6 nitrogen and oxygen atoms in total. The van der Waals surface area contributed by atoms with Crippen LogP contribution in [0.15, 0.2) is 97.2 Å². The van der Waals surface area contributed by atoms with Crippen LogP contribution in [0.2, 0.25) is 0 Å². The van der Waals surface area contributed by atoms with Gasteiger partial charge in [-0.25, -0.2) is 15.0 Å². The molecule has 162 valence electrons. The molecule has 0 amide bonds. The van der Waals surface area contributed by atoms with Crippen molar-refractivity contribution in [2.45, 2.75) is 13.8 Å². The monoisotopic (exact) mass is 433 g/mol. The minimum absolute atomic E-state index is 0.517. The van der Waals surface area contributed by atoms with Crippen LogP contribution in [0.5, 0.6) is 11.5 Å². The van der Waals surface area contributed by atoms with Crippen molar-refractivity contribution in [3.63, 3.8) is 0 Å². The standard InChI is InChI=1S/C27H23N5O/c1-19-17-20(2)30-26(29-19)31-27-28-18-25(21-9-5-3-6-10-21)32(27)22-13-15-24(16-14-22)33-23-11-7-4-8-12-23/h3-18H,1-2H3,(H,28,29,30,31). The number of hydrogen-bond donors (Lipinski definition) is 1. The summed E-state index contributed by atoms with van der Waals surface area (Å²) in [5.41, 5.74) is 4.75. The van der Waals surface area contributed by atoms with Crippen LogP contribution in [0.1, 0.15) is 11.4 Å². The molecule has 33 heavy (non-hydrogen) atoms. The zero-order chi connectivity index (χ0) is 22.6. The Morgan fingerprint density at radius 2 is 1.33 bits per heavy atom. The van der Waals surface area contributed by atoms with E-state index in [-0.39, 0.29) is 0 Å². The van der Waals surface area contributed by atoms with E-state index < -0.39 is 0 Å². The molecule has 1 N–H and O–H groups in total. The number of anilines is 2. The molecular formula is C27H23N5O. The molecule has 5 aromatic rings. The molecule has 0 aliphatic carbocycles. The van der Waals surface area contributed by atoms with Crippen molar-refractivity contribution < 1.29 is 4.74 Å². The molecule has 0 spiro atoms. The number of ether oxygens (including phenoxy) is 1. The Kier molecular flexibility index (Phi) is 5.55. The lowest BCUT2D eigenvalue weighted by atomic mass is 10.1. The van der Waals surface area contributed by atoms with Crippen molar-refractivity contribution in [3.8, 4) is 28.4 Å². The Hall–Kier alpha value is -4.45. The largest absolute Gasteiger partial charge is 0.457 e. The number of para-hydroxylation sites is 1. The fourth-order valence-corrected chi connectivity index (χ4v) is 3.68. The number of imidazole rings is 1.